The van der Waals surface area contributed by atoms with Crippen LogP contribution in [0.1, 0.15) is 11.6 Å². The maximum absolute atomic E-state index is 12.8. The summed E-state index contributed by atoms with van der Waals surface area (Å²) in [5, 5.41) is 11.2. The van der Waals surface area contributed by atoms with Gasteiger partial charge in [-0.25, -0.2) is 13.1 Å². The first-order valence-electron chi connectivity index (χ1n) is 9.11. The van der Waals surface area contributed by atoms with Crippen molar-refractivity contribution in [1.82, 2.24) is 9.62 Å². The van der Waals surface area contributed by atoms with Crippen LogP contribution in [0.5, 0.6) is 5.75 Å². The standard InChI is InChI=1S/C19H23N3O6S/c1-27-16-6-4-5-15(13-16)18(21-9-11-28-12-10-21)14-20-29(25,26)19-8-3-2-7-17(19)22(23)24/h2-8,13,18,20H,9-12,14H2,1H3/t18-/m0/s1. The van der Waals surface area contributed by atoms with Gasteiger partial charge in [-0.15, -0.1) is 0 Å². The predicted molar refractivity (Wildman–Crippen MR) is 106 cm³/mol. The van der Waals surface area contributed by atoms with Crippen molar-refractivity contribution in [2.45, 2.75) is 10.9 Å². The van der Waals surface area contributed by atoms with E-state index in [0.717, 1.165) is 5.56 Å². The van der Waals surface area contributed by atoms with E-state index in [1.807, 2.05) is 24.3 Å². The van der Waals surface area contributed by atoms with Gasteiger partial charge >= 0.3 is 0 Å². The lowest BCUT2D eigenvalue weighted by molar-refractivity contribution is -0.387. The highest BCUT2D eigenvalue weighted by Gasteiger charge is 2.28. The molecule has 0 aliphatic carbocycles. The highest BCUT2D eigenvalue weighted by Crippen LogP contribution is 2.27. The molecule has 1 N–H and O–H groups in total. The van der Waals surface area contributed by atoms with Gasteiger partial charge in [0, 0.05) is 31.7 Å². The smallest absolute Gasteiger partial charge is 0.289 e. The van der Waals surface area contributed by atoms with Crippen LogP contribution in [0.25, 0.3) is 0 Å². The zero-order chi connectivity index (χ0) is 20.9. The molecule has 3 rings (SSSR count). The van der Waals surface area contributed by atoms with Gasteiger partial charge in [0.05, 0.1) is 25.2 Å². The van der Waals surface area contributed by atoms with Crippen LogP contribution in [0.3, 0.4) is 0 Å². The molecule has 1 atom stereocenters. The molecule has 0 amide bonds. The van der Waals surface area contributed by atoms with Crippen molar-refractivity contribution >= 4 is 15.7 Å². The van der Waals surface area contributed by atoms with E-state index in [1.165, 1.54) is 24.3 Å². The molecule has 0 bridgehead atoms. The summed E-state index contributed by atoms with van der Waals surface area (Å²) in [6.45, 7) is 2.46. The van der Waals surface area contributed by atoms with Gasteiger partial charge in [-0.3, -0.25) is 15.0 Å². The van der Waals surface area contributed by atoms with E-state index >= 15 is 0 Å². The Morgan fingerprint density at radius 3 is 2.62 bits per heavy atom. The summed E-state index contributed by atoms with van der Waals surface area (Å²) in [7, 11) is -2.50. The van der Waals surface area contributed by atoms with Gasteiger partial charge < -0.3 is 9.47 Å². The fourth-order valence-electron chi connectivity index (χ4n) is 3.30. The monoisotopic (exact) mass is 421 g/mol. The van der Waals surface area contributed by atoms with Crippen LogP contribution in [0.2, 0.25) is 0 Å². The van der Waals surface area contributed by atoms with E-state index in [1.54, 1.807) is 7.11 Å². The van der Waals surface area contributed by atoms with Crippen molar-refractivity contribution in [1.29, 1.82) is 0 Å². The van der Waals surface area contributed by atoms with Crippen molar-refractivity contribution in [2.24, 2.45) is 0 Å². The molecule has 1 saturated heterocycles. The number of sulfonamides is 1. The molecule has 1 fully saturated rings. The Hall–Kier alpha value is -2.53. The molecule has 0 saturated carbocycles. The van der Waals surface area contributed by atoms with Gasteiger partial charge in [0.15, 0.2) is 4.90 Å². The van der Waals surface area contributed by atoms with Crippen LogP contribution in [0.4, 0.5) is 5.69 Å². The molecule has 0 aromatic heterocycles. The molecule has 1 heterocycles. The molecular weight excluding hydrogens is 398 g/mol. The second kappa shape index (κ2) is 9.31. The lowest BCUT2D eigenvalue weighted by Crippen LogP contribution is -2.43. The fourth-order valence-corrected chi connectivity index (χ4v) is 4.51. The van der Waals surface area contributed by atoms with Crippen molar-refractivity contribution in [3.8, 4) is 5.75 Å². The molecule has 2 aromatic rings. The van der Waals surface area contributed by atoms with Gasteiger partial charge in [0.1, 0.15) is 5.75 Å². The summed E-state index contributed by atoms with van der Waals surface area (Å²) in [5.74, 6) is 0.669. The Kier molecular flexibility index (Phi) is 6.80. The quantitative estimate of drug-likeness (QED) is 0.512. The average molecular weight is 421 g/mol. The third-order valence-corrected chi connectivity index (χ3v) is 6.25. The highest BCUT2D eigenvalue weighted by atomic mass is 32.2. The Morgan fingerprint density at radius 2 is 1.93 bits per heavy atom. The number of nitro groups is 1. The van der Waals surface area contributed by atoms with Crippen LogP contribution in [-0.2, 0) is 14.8 Å². The molecule has 10 heteroatoms. The summed E-state index contributed by atoms with van der Waals surface area (Å²) in [6.07, 6.45) is 0. The first-order valence-corrected chi connectivity index (χ1v) is 10.6. The molecule has 1 aliphatic heterocycles. The lowest BCUT2D eigenvalue weighted by Gasteiger charge is -2.35. The van der Waals surface area contributed by atoms with Gasteiger partial charge in [-0.1, -0.05) is 24.3 Å². The molecule has 0 spiro atoms. The number of nitrogens with one attached hydrogen (secondary N) is 1. The number of hydrogen-bond acceptors (Lipinski definition) is 7. The average Bonchev–Trinajstić information content (AvgIpc) is 2.74. The molecule has 9 nitrogen and oxygen atoms in total. The zero-order valence-electron chi connectivity index (χ0n) is 16.0. The van der Waals surface area contributed by atoms with Crippen molar-refractivity contribution in [3.05, 3.63) is 64.2 Å². The minimum atomic E-state index is -4.07. The number of methoxy groups -OCH3 is 1. The van der Waals surface area contributed by atoms with Crippen LogP contribution >= 0.6 is 0 Å². The fraction of sp³-hybridized carbons (Fsp3) is 0.368. The maximum atomic E-state index is 12.8. The molecular formula is C19H23N3O6S. The summed E-state index contributed by atoms with van der Waals surface area (Å²) in [4.78, 5) is 12.3. The second-order valence-corrected chi connectivity index (χ2v) is 8.25. The summed E-state index contributed by atoms with van der Waals surface area (Å²) in [6, 6.07) is 12.5. The zero-order valence-corrected chi connectivity index (χ0v) is 16.8. The summed E-state index contributed by atoms with van der Waals surface area (Å²) in [5.41, 5.74) is 0.431. The minimum Gasteiger partial charge on any atom is -0.497 e. The molecule has 156 valence electrons. The largest absolute Gasteiger partial charge is 0.497 e. The first kappa shape index (κ1) is 21.2. The van der Waals surface area contributed by atoms with Crippen molar-refractivity contribution < 1.29 is 22.8 Å². The number of nitrogens with zero attached hydrogens (tertiary/aromatic N) is 2. The number of nitro benzene ring substituents is 1. The normalized spacial score (nSPS) is 16.3. The Morgan fingerprint density at radius 1 is 1.21 bits per heavy atom. The SMILES string of the molecule is COc1cccc([C@H](CNS(=O)(=O)c2ccccc2[N+](=O)[O-])N2CCOCC2)c1. The Bertz CT molecular complexity index is 960. The van der Waals surface area contributed by atoms with Crippen LogP contribution in [0.15, 0.2) is 53.4 Å². The minimum absolute atomic E-state index is 0.0571. The second-order valence-electron chi connectivity index (χ2n) is 6.52. The Balaban J connectivity index is 1.87. The molecule has 29 heavy (non-hydrogen) atoms. The number of hydrogen-bond donors (Lipinski definition) is 1. The Labute approximate surface area is 169 Å². The van der Waals surface area contributed by atoms with E-state index < -0.39 is 20.6 Å². The number of benzene rings is 2. The van der Waals surface area contributed by atoms with E-state index in [4.69, 9.17) is 9.47 Å². The summed E-state index contributed by atoms with van der Waals surface area (Å²) >= 11 is 0. The summed E-state index contributed by atoms with van der Waals surface area (Å²) < 4.78 is 38.9. The molecule has 1 aliphatic rings. The van der Waals surface area contributed by atoms with E-state index in [2.05, 4.69) is 9.62 Å². The molecule has 0 radical (unpaired) electrons. The topological polar surface area (TPSA) is 111 Å². The number of ether oxygens (including phenoxy) is 2. The van der Waals surface area contributed by atoms with E-state index in [9.17, 15) is 18.5 Å². The van der Waals surface area contributed by atoms with Crippen LogP contribution < -0.4 is 9.46 Å². The molecule has 2 aromatic carbocycles. The van der Waals surface area contributed by atoms with Crippen LogP contribution in [-0.4, -0.2) is 58.2 Å². The van der Waals surface area contributed by atoms with Gasteiger partial charge in [-0.05, 0) is 23.8 Å². The van der Waals surface area contributed by atoms with Gasteiger partial charge in [-0.2, -0.15) is 0 Å². The number of para-hydroxylation sites is 1. The highest BCUT2D eigenvalue weighted by molar-refractivity contribution is 7.89. The van der Waals surface area contributed by atoms with Crippen LogP contribution in [0, 0.1) is 10.1 Å². The number of morpholine rings is 1. The predicted octanol–water partition coefficient (Wildman–Crippen LogP) is 1.96. The lowest BCUT2D eigenvalue weighted by atomic mass is 10.0. The third kappa shape index (κ3) is 5.10. The third-order valence-electron chi connectivity index (χ3n) is 4.78. The van der Waals surface area contributed by atoms with E-state index in [-0.39, 0.29) is 17.5 Å². The van der Waals surface area contributed by atoms with Gasteiger partial charge in [0.2, 0.25) is 10.0 Å². The first-order chi connectivity index (χ1) is 13.9. The molecule has 0 unspecified atom stereocenters. The van der Waals surface area contributed by atoms with Crippen molar-refractivity contribution in [3.63, 3.8) is 0 Å². The van der Waals surface area contributed by atoms with Crippen molar-refractivity contribution in [2.75, 3.05) is 40.0 Å². The maximum Gasteiger partial charge on any atom is 0.289 e. The number of rotatable bonds is 8. The van der Waals surface area contributed by atoms with E-state index in [0.29, 0.717) is 32.1 Å². The van der Waals surface area contributed by atoms with Gasteiger partial charge in [0.25, 0.3) is 5.69 Å².